The smallest absolute Gasteiger partial charge is 0.0991 e. The van der Waals surface area contributed by atoms with Crippen LogP contribution in [0.5, 0.6) is 0 Å². The predicted molar refractivity (Wildman–Crippen MR) is 208 cm³/mol. The molecule has 0 N–H and O–H groups in total. The summed E-state index contributed by atoms with van der Waals surface area (Å²) in [5.74, 6) is 0. The summed E-state index contributed by atoms with van der Waals surface area (Å²) in [4.78, 5) is 0. The van der Waals surface area contributed by atoms with Gasteiger partial charge in [-0.05, 0) is 94.5 Å². The Labute approximate surface area is 295 Å². The van der Waals surface area contributed by atoms with E-state index >= 15 is 0 Å². The van der Waals surface area contributed by atoms with Gasteiger partial charge in [-0.3, -0.25) is 0 Å². The van der Waals surface area contributed by atoms with E-state index in [2.05, 4.69) is 144 Å². The Bertz CT molecular complexity index is 2960. The fraction of sp³-hybridized carbons (Fsp3) is 0.0638. The molecule has 2 aromatic heterocycles. The molecule has 0 aliphatic heterocycles. The highest BCUT2D eigenvalue weighted by Crippen LogP contribution is 2.53. The van der Waals surface area contributed by atoms with Crippen molar-refractivity contribution in [3.8, 4) is 45.8 Å². The first-order valence-electron chi connectivity index (χ1n) is 17.2. The van der Waals surface area contributed by atoms with Crippen LogP contribution in [-0.4, -0.2) is 9.13 Å². The first-order chi connectivity index (χ1) is 25.0. The van der Waals surface area contributed by atoms with Gasteiger partial charge in [-0.15, -0.1) is 0 Å². The number of para-hydroxylation sites is 1. The summed E-state index contributed by atoms with van der Waals surface area (Å²) in [6.07, 6.45) is 0. The molecule has 0 radical (unpaired) electrons. The molecule has 0 atom stereocenters. The summed E-state index contributed by atoms with van der Waals surface area (Å²) in [5, 5.41) is 23.7. The Hall–Kier alpha value is -6.88. The molecule has 51 heavy (non-hydrogen) atoms. The SMILES string of the molecule is CC1(C)c2ccccc2-c2c1ccc1c3ccccc3n(-c3cccc(-c4cccc(-n5c6ccc(C#N)cc6c6cc(C#N)ccc65)c4)c3)c21. The second kappa shape index (κ2) is 10.6. The van der Waals surface area contributed by atoms with E-state index in [4.69, 9.17) is 0 Å². The average Bonchev–Trinajstić information content (AvgIpc) is 3.77. The lowest BCUT2D eigenvalue weighted by atomic mass is 9.82. The number of fused-ring (bicyclic) bond motifs is 10. The molecule has 0 bridgehead atoms. The van der Waals surface area contributed by atoms with Gasteiger partial charge in [0.15, 0.2) is 0 Å². The summed E-state index contributed by atoms with van der Waals surface area (Å²) >= 11 is 0. The van der Waals surface area contributed by atoms with Gasteiger partial charge in [-0.2, -0.15) is 10.5 Å². The van der Waals surface area contributed by atoms with Crippen LogP contribution >= 0.6 is 0 Å². The normalized spacial score (nSPS) is 13.0. The van der Waals surface area contributed by atoms with Gasteiger partial charge in [-0.1, -0.05) is 92.7 Å². The van der Waals surface area contributed by atoms with Crippen molar-refractivity contribution in [2.75, 3.05) is 0 Å². The molecular formula is C47H30N4. The van der Waals surface area contributed by atoms with Crippen LogP contribution < -0.4 is 0 Å². The fourth-order valence-corrected chi connectivity index (χ4v) is 8.60. The number of aromatic nitrogens is 2. The topological polar surface area (TPSA) is 57.4 Å². The van der Waals surface area contributed by atoms with Crippen LogP contribution in [0, 0.1) is 22.7 Å². The van der Waals surface area contributed by atoms with Crippen molar-refractivity contribution in [3.63, 3.8) is 0 Å². The van der Waals surface area contributed by atoms with Gasteiger partial charge < -0.3 is 9.13 Å². The van der Waals surface area contributed by atoms with E-state index in [9.17, 15) is 10.5 Å². The minimum Gasteiger partial charge on any atom is -0.309 e. The number of rotatable bonds is 3. The lowest BCUT2D eigenvalue weighted by Crippen LogP contribution is -2.14. The third kappa shape index (κ3) is 4.05. The predicted octanol–water partition coefficient (Wildman–Crippen LogP) is 11.6. The minimum atomic E-state index is -0.0944. The van der Waals surface area contributed by atoms with E-state index in [0.29, 0.717) is 11.1 Å². The number of benzene rings is 7. The molecule has 0 saturated heterocycles. The second-order valence-corrected chi connectivity index (χ2v) is 14.0. The van der Waals surface area contributed by atoms with Gasteiger partial charge >= 0.3 is 0 Å². The zero-order valence-electron chi connectivity index (χ0n) is 28.1. The molecule has 238 valence electrons. The zero-order chi connectivity index (χ0) is 34.4. The summed E-state index contributed by atoms with van der Waals surface area (Å²) in [5.41, 5.74) is 15.2. The molecule has 1 aliphatic carbocycles. The average molecular weight is 651 g/mol. The van der Waals surface area contributed by atoms with Crippen molar-refractivity contribution >= 4 is 43.6 Å². The van der Waals surface area contributed by atoms with Crippen molar-refractivity contribution in [2.45, 2.75) is 19.3 Å². The zero-order valence-corrected chi connectivity index (χ0v) is 28.1. The Balaban J connectivity index is 1.19. The first kappa shape index (κ1) is 29.1. The first-order valence-corrected chi connectivity index (χ1v) is 17.2. The van der Waals surface area contributed by atoms with Crippen LogP contribution in [0.3, 0.4) is 0 Å². The molecule has 0 spiro atoms. The molecule has 2 heterocycles. The molecule has 0 fully saturated rings. The highest BCUT2D eigenvalue weighted by Gasteiger charge is 2.37. The molecule has 0 amide bonds. The van der Waals surface area contributed by atoms with E-state index < -0.39 is 0 Å². The minimum absolute atomic E-state index is 0.0944. The summed E-state index contributed by atoms with van der Waals surface area (Å²) in [6.45, 7) is 4.68. The molecule has 1 aliphatic rings. The van der Waals surface area contributed by atoms with Gasteiger partial charge in [0.25, 0.3) is 0 Å². The highest BCUT2D eigenvalue weighted by atomic mass is 15.0. The number of hydrogen-bond acceptors (Lipinski definition) is 2. The van der Waals surface area contributed by atoms with Crippen LogP contribution in [0.2, 0.25) is 0 Å². The standard InChI is InChI=1S/C47H30N4/c1-47(2)40-15-5-3-14-37(40)45-41(47)20-19-36-35-13-4-6-16-42(35)51(46(36)45)34-12-8-10-32(26-34)31-9-7-11-33(25-31)50-43-21-17-29(27-48)23-38(43)39-24-30(28-49)18-22-44(39)50/h3-26H,1-2H3. The highest BCUT2D eigenvalue weighted by molar-refractivity contribution is 6.16. The Morgan fingerprint density at radius 3 is 1.73 bits per heavy atom. The molecule has 7 aromatic carbocycles. The quantitative estimate of drug-likeness (QED) is 0.191. The maximum atomic E-state index is 9.67. The monoisotopic (exact) mass is 650 g/mol. The van der Waals surface area contributed by atoms with Crippen LogP contribution in [0.15, 0.2) is 146 Å². The number of nitrogens with zero attached hydrogens (tertiary/aromatic N) is 4. The van der Waals surface area contributed by atoms with E-state index in [1.54, 1.807) is 0 Å². The van der Waals surface area contributed by atoms with E-state index in [0.717, 1.165) is 44.3 Å². The third-order valence-electron chi connectivity index (χ3n) is 10.9. The molecule has 0 unspecified atom stereocenters. The van der Waals surface area contributed by atoms with Crippen molar-refractivity contribution in [1.29, 1.82) is 10.5 Å². The molecule has 4 nitrogen and oxygen atoms in total. The van der Waals surface area contributed by atoms with Crippen molar-refractivity contribution in [3.05, 3.63) is 168 Å². The van der Waals surface area contributed by atoms with Crippen molar-refractivity contribution in [1.82, 2.24) is 9.13 Å². The maximum Gasteiger partial charge on any atom is 0.0991 e. The molecule has 9 aromatic rings. The number of hydrogen-bond donors (Lipinski definition) is 0. The lowest BCUT2D eigenvalue weighted by Gasteiger charge is -2.21. The molecule has 10 rings (SSSR count). The maximum absolute atomic E-state index is 9.67. The molecule has 4 heteroatoms. The largest absolute Gasteiger partial charge is 0.309 e. The van der Waals surface area contributed by atoms with Crippen LogP contribution in [0.4, 0.5) is 0 Å². The third-order valence-corrected chi connectivity index (χ3v) is 10.9. The van der Waals surface area contributed by atoms with Crippen LogP contribution in [0.1, 0.15) is 36.1 Å². The Kier molecular flexibility index (Phi) is 6.02. The summed E-state index contributed by atoms with van der Waals surface area (Å²) in [7, 11) is 0. The second-order valence-electron chi connectivity index (χ2n) is 14.0. The number of nitriles is 2. The fourth-order valence-electron chi connectivity index (χ4n) is 8.60. The van der Waals surface area contributed by atoms with Crippen LogP contribution in [-0.2, 0) is 5.41 Å². The van der Waals surface area contributed by atoms with Gasteiger partial charge in [0.1, 0.15) is 0 Å². The molecular weight excluding hydrogens is 621 g/mol. The van der Waals surface area contributed by atoms with Gasteiger partial charge in [-0.25, -0.2) is 0 Å². The van der Waals surface area contributed by atoms with Crippen LogP contribution in [0.25, 0.3) is 77.2 Å². The van der Waals surface area contributed by atoms with Crippen molar-refractivity contribution in [2.24, 2.45) is 0 Å². The summed E-state index contributed by atoms with van der Waals surface area (Å²) in [6, 6.07) is 55.9. The Morgan fingerprint density at radius 2 is 1.06 bits per heavy atom. The lowest BCUT2D eigenvalue weighted by molar-refractivity contribution is 0.661. The summed E-state index contributed by atoms with van der Waals surface area (Å²) < 4.78 is 4.69. The van der Waals surface area contributed by atoms with E-state index in [-0.39, 0.29) is 5.41 Å². The van der Waals surface area contributed by atoms with Crippen molar-refractivity contribution < 1.29 is 0 Å². The van der Waals surface area contributed by atoms with Gasteiger partial charge in [0, 0.05) is 43.9 Å². The van der Waals surface area contributed by atoms with E-state index in [1.807, 2.05) is 36.4 Å². The molecule has 0 saturated carbocycles. The van der Waals surface area contributed by atoms with Gasteiger partial charge in [0.05, 0.1) is 45.3 Å². The Morgan fingerprint density at radius 1 is 0.471 bits per heavy atom. The van der Waals surface area contributed by atoms with Gasteiger partial charge in [0.2, 0.25) is 0 Å². The van der Waals surface area contributed by atoms with E-state index in [1.165, 1.54) is 44.1 Å².